The van der Waals surface area contributed by atoms with Crippen molar-refractivity contribution < 1.29 is 14.7 Å². The zero-order valence-electron chi connectivity index (χ0n) is 11.0. The number of aromatic nitrogens is 1. The first kappa shape index (κ1) is 14.0. The summed E-state index contributed by atoms with van der Waals surface area (Å²) in [5.74, 6) is -1.66. The highest BCUT2D eigenvalue weighted by Crippen LogP contribution is 2.36. The highest BCUT2D eigenvalue weighted by Gasteiger charge is 2.41. The number of hydrogen-bond donors (Lipinski definition) is 2. The monoisotopic (exact) mass is 282 g/mol. The predicted molar refractivity (Wildman–Crippen MR) is 71.7 cm³/mol. The molecule has 1 saturated carbocycles. The van der Waals surface area contributed by atoms with Gasteiger partial charge in [-0.3, -0.25) is 9.59 Å². The van der Waals surface area contributed by atoms with Gasteiger partial charge in [-0.05, 0) is 25.7 Å². The number of aliphatic carboxylic acids is 1. The number of aryl methyl sites for hydroxylation is 1. The average molecular weight is 282 g/mol. The van der Waals surface area contributed by atoms with E-state index < -0.39 is 17.8 Å². The molecule has 104 valence electrons. The largest absolute Gasteiger partial charge is 0.481 e. The van der Waals surface area contributed by atoms with Crippen LogP contribution in [-0.4, -0.2) is 22.0 Å². The fourth-order valence-corrected chi connectivity index (χ4v) is 3.37. The van der Waals surface area contributed by atoms with E-state index in [1.807, 2.05) is 13.8 Å². The Bertz CT molecular complexity index is 486. The van der Waals surface area contributed by atoms with Gasteiger partial charge in [-0.2, -0.15) is 0 Å². The van der Waals surface area contributed by atoms with Crippen LogP contribution >= 0.6 is 11.3 Å². The molecule has 0 saturated heterocycles. The Hall–Kier alpha value is -1.43. The summed E-state index contributed by atoms with van der Waals surface area (Å²) in [6, 6.07) is 0. The lowest BCUT2D eigenvalue weighted by atomic mass is 9.95. The molecule has 0 aromatic carbocycles. The van der Waals surface area contributed by atoms with Gasteiger partial charge < -0.3 is 10.4 Å². The maximum Gasteiger partial charge on any atom is 0.307 e. The van der Waals surface area contributed by atoms with E-state index in [9.17, 15) is 9.59 Å². The molecule has 19 heavy (non-hydrogen) atoms. The number of thiazole rings is 1. The van der Waals surface area contributed by atoms with Crippen LogP contribution in [-0.2, 0) is 16.1 Å². The van der Waals surface area contributed by atoms with Gasteiger partial charge in [-0.1, -0.05) is 6.92 Å². The van der Waals surface area contributed by atoms with Gasteiger partial charge in [0.15, 0.2) is 0 Å². The van der Waals surface area contributed by atoms with Crippen LogP contribution in [0.1, 0.15) is 30.3 Å². The second-order valence-corrected chi connectivity index (χ2v) is 6.15. The zero-order chi connectivity index (χ0) is 14.0. The Kier molecular flexibility index (Phi) is 4.19. The molecule has 2 rings (SSSR count). The molecule has 1 unspecified atom stereocenters. The first-order valence-corrected chi connectivity index (χ1v) is 7.26. The van der Waals surface area contributed by atoms with Crippen molar-refractivity contribution in [1.82, 2.24) is 10.3 Å². The quantitative estimate of drug-likeness (QED) is 0.882. The maximum absolute atomic E-state index is 12.1. The van der Waals surface area contributed by atoms with Crippen molar-refractivity contribution in [2.24, 2.45) is 17.8 Å². The van der Waals surface area contributed by atoms with Crippen molar-refractivity contribution in [3.05, 3.63) is 16.1 Å². The lowest BCUT2D eigenvalue weighted by Crippen LogP contribution is -2.34. The van der Waals surface area contributed by atoms with E-state index >= 15 is 0 Å². The number of carboxylic acid groups (broad SMARTS) is 1. The zero-order valence-corrected chi connectivity index (χ0v) is 11.9. The Morgan fingerprint density at radius 1 is 1.47 bits per heavy atom. The van der Waals surface area contributed by atoms with E-state index in [1.165, 1.54) is 11.3 Å². The standard InChI is InChI=1S/C13H18N2O3S/c1-7-3-9(10(4-7)13(17)18)12(16)14-5-11-8(2)15-6-19-11/h6-7,9-10H,3-5H2,1-2H3,(H,14,16)(H,17,18)/t7?,9-,10+/m0/s1. The molecular formula is C13H18N2O3S. The van der Waals surface area contributed by atoms with E-state index in [2.05, 4.69) is 10.3 Å². The number of amides is 1. The molecule has 0 spiro atoms. The van der Waals surface area contributed by atoms with Gasteiger partial charge in [0.2, 0.25) is 5.91 Å². The summed E-state index contributed by atoms with van der Waals surface area (Å²) in [4.78, 5) is 28.4. The van der Waals surface area contributed by atoms with Crippen molar-refractivity contribution in [2.75, 3.05) is 0 Å². The van der Waals surface area contributed by atoms with E-state index in [4.69, 9.17) is 5.11 Å². The van der Waals surface area contributed by atoms with Gasteiger partial charge in [0.25, 0.3) is 0 Å². The molecular weight excluding hydrogens is 264 g/mol. The van der Waals surface area contributed by atoms with E-state index in [1.54, 1.807) is 5.51 Å². The van der Waals surface area contributed by atoms with Gasteiger partial charge >= 0.3 is 5.97 Å². The molecule has 1 aromatic heterocycles. The first-order valence-electron chi connectivity index (χ1n) is 6.38. The Morgan fingerprint density at radius 3 is 2.74 bits per heavy atom. The molecule has 3 atom stereocenters. The fourth-order valence-electron chi connectivity index (χ4n) is 2.65. The Balaban J connectivity index is 1.96. The molecule has 1 aliphatic rings. The third kappa shape index (κ3) is 3.12. The topological polar surface area (TPSA) is 79.3 Å². The second kappa shape index (κ2) is 5.69. The Morgan fingerprint density at radius 2 is 2.16 bits per heavy atom. The van der Waals surface area contributed by atoms with Gasteiger partial charge in [0.05, 0.1) is 29.6 Å². The molecule has 0 aliphatic heterocycles. The van der Waals surface area contributed by atoms with E-state index in [0.717, 1.165) is 10.6 Å². The van der Waals surface area contributed by atoms with Gasteiger partial charge in [-0.15, -0.1) is 11.3 Å². The van der Waals surface area contributed by atoms with E-state index in [0.29, 0.717) is 25.3 Å². The second-order valence-electron chi connectivity index (χ2n) is 5.21. The number of nitrogens with one attached hydrogen (secondary N) is 1. The highest BCUT2D eigenvalue weighted by atomic mass is 32.1. The van der Waals surface area contributed by atoms with Crippen LogP contribution in [0.3, 0.4) is 0 Å². The molecule has 1 aromatic rings. The van der Waals surface area contributed by atoms with Crippen LogP contribution in [0.25, 0.3) is 0 Å². The smallest absolute Gasteiger partial charge is 0.307 e. The summed E-state index contributed by atoms with van der Waals surface area (Å²) in [6.45, 7) is 4.33. The molecule has 1 fully saturated rings. The van der Waals surface area contributed by atoms with E-state index in [-0.39, 0.29) is 5.91 Å². The predicted octanol–water partition coefficient (Wildman–Crippen LogP) is 1.81. The van der Waals surface area contributed by atoms with Crippen LogP contribution < -0.4 is 5.32 Å². The normalized spacial score (nSPS) is 26.3. The molecule has 2 N–H and O–H groups in total. The minimum atomic E-state index is -0.863. The van der Waals surface area contributed by atoms with Crippen molar-refractivity contribution in [1.29, 1.82) is 0 Å². The maximum atomic E-state index is 12.1. The molecule has 1 aliphatic carbocycles. The molecule has 1 heterocycles. The highest BCUT2D eigenvalue weighted by molar-refractivity contribution is 7.09. The Labute approximate surface area is 116 Å². The number of rotatable bonds is 4. The average Bonchev–Trinajstić information content (AvgIpc) is 2.92. The fraction of sp³-hybridized carbons (Fsp3) is 0.615. The van der Waals surface area contributed by atoms with Crippen LogP contribution in [0.4, 0.5) is 0 Å². The number of carboxylic acids is 1. The van der Waals surface area contributed by atoms with Gasteiger partial charge in [0, 0.05) is 4.88 Å². The third-order valence-corrected chi connectivity index (χ3v) is 4.66. The summed E-state index contributed by atoms with van der Waals surface area (Å²) in [5.41, 5.74) is 2.66. The summed E-state index contributed by atoms with van der Waals surface area (Å²) >= 11 is 1.50. The van der Waals surface area contributed by atoms with Crippen LogP contribution in [0.15, 0.2) is 5.51 Å². The summed E-state index contributed by atoms with van der Waals surface area (Å²) in [5, 5.41) is 12.0. The van der Waals surface area contributed by atoms with Crippen LogP contribution in [0.2, 0.25) is 0 Å². The first-order chi connectivity index (χ1) is 8.99. The summed E-state index contributed by atoms with van der Waals surface area (Å²) in [6.07, 6.45) is 1.25. The number of carbonyl (C=O) groups excluding carboxylic acids is 1. The minimum absolute atomic E-state index is 0.149. The summed E-state index contributed by atoms with van der Waals surface area (Å²) < 4.78 is 0. The lowest BCUT2D eigenvalue weighted by molar-refractivity contribution is -0.146. The lowest BCUT2D eigenvalue weighted by Gasteiger charge is -2.15. The third-order valence-electron chi connectivity index (χ3n) is 3.72. The number of nitrogens with zero attached hydrogens (tertiary/aromatic N) is 1. The van der Waals surface area contributed by atoms with Crippen molar-refractivity contribution >= 4 is 23.2 Å². The molecule has 5 nitrogen and oxygen atoms in total. The SMILES string of the molecule is Cc1ncsc1CNC(=O)[C@H]1CC(C)C[C@H]1C(=O)O. The van der Waals surface area contributed by atoms with Crippen LogP contribution in [0.5, 0.6) is 0 Å². The molecule has 6 heteroatoms. The van der Waals surface area contributed by atoms with Gasteiger partial charge in [-0.25, -0.2) is 4.98 Å². The molecule has 1 amide bonds. The van der Waals surface area contributed by atoms with Crippen molar-refractivity contribution in [3.8, 4) is 0 Å². The number of carbonyl (C=O) groups is 2. The molecule has 0 radical (unpaired) electrons. The van der Waals surface area contributed by atoms with Gasteiger partial charge in [0.1, 0.15) is 0 Å². The number of hydrogen-bond acceptors (Lipinski definition) is 4. The van der Waals surface area contributed by atoms with Crippen molar-refractivity contribution in [3.63, 3.8) is 0 Å². The molecule has 0 bridgehead atoms. The minimum Gasteiger partial charge on any atom is -0.481 e. The van der Waals surface area contributed by atoms with Crippen LogP contribution in [0, 0.1) is 24.7 Å². The van der Waals surface area contributed by atoms with Crippen molar-refractivity contribution in [2.45, 2.75) is 33.2 Å². The summed E-state index contributed by atoms with van der Waals surface area (Å²) in [7, 11) is 0.